The molecule has 30 heavy (non-hydrogen) atoms. The summed E-state index contributed by atoms with van der Waals surface area (Å²) in [5, 5.41) is 1.02. The van der Waals surface area contributed by atoms with E-state index in [2.05, 4.69) is 10.6 Å². The van der Waals surface area contributed by atoms with Crippen molar-refractivity contribution >= 4 is 63.5 Å². The fourth-order valence-electron chi connectivity index (χ4n) is 3.50. The molecule has 1 aliphatic heterocycles. The Hall–Kier alpha value is -2.05. The molecule has 0 saturated carbocycles. The minimum Gasteiger partial charge on any atom is -0.318 e. The van der Waals surface area contributed by atoms with Crippen molar-refractivity contribution in [2.24, 2.45) is 0 Å². The lowest BCUT2D eigenvalue weighted by Crippen LogP contribution is -2.27. The number of rotatable bonds is 4. The van der Waals surface area contributed by atoms with Crippen LogP contribution < -0.4 is 0 Å². The minimum atomic E-state index is -0.0619. The van der Waals surface area contributed by atoms with E-state index in [0.717, 1.165) is 28.2 Å². The predicted molar refractivity (Wildman–Crippen MR) is 130 cm³/mol. The molecular weight excluding hydrogens is 455 g/mol. The van der Waals surface area contributed by atoms with Gasteiger partial charge in [0.15, 0.2) is 0 Å². The fraction of sp³-hybridized carbons (Fsp3) is 0.130. The highest BCUT2D eigenvalue weighted by molar-refractivity contribution is 8.26. The second-order valence-electron chi connectivity index (χ2n) is 7.01. The van der Waals surface area contributed by atoms with Crippen molar-refractivity contribution in [3.63, 3.8) is 0 Å². The van der Waals surface area contributed by atoms with Crippen LogP contribution in [0.15, 0.2) is 59.5 Å². The molecule has 0 N–H and O–H groups in total. The molecule has 2 heterocycles. The van der Waals surface area contributed by atoms with Crippen molar-refractivity contribution in [1.29, 1.82) is 0 Å². The maximum Gasteiger partial charge on any atom is 0.266 e. The maximum absolute atomic E-state index is 13.0. The van der Waals surface area contributed by atoms with E-state index in [1.54, 1.807) is 11.0 Å². The summed E-state index contributed by atoms with van der Waals surface area (Å²) >= 11 is 19.1. The summed E-state index contributed by atoms with van der Waals surface area (Å²) in [5.74, 6) is -0.0619. The molecule has 0 unspecified atom stereocenters. The standard InChI is InChI=1S/C23H18Cl2N2OS2/c1-14-10-17(15(2)27(14)18-8-9-19(24)20(25)12-18)11-21-22(28)26(23(29)30-21)13-16-6-4-3-5-7-16/h3-12H,13H2,1-2H3/b21-11+. The molecule has 4 rings (SSSR count). The number of thioether (sulfide) groups is 1. The zero-order chi connectivity index (χ0) is 21.4. The lowest BCUT2D eigenvalue weighted by Gasteiger charge is -2.14. The number of carbonyl (C=O) groups is 1. The highest BCUT2D eigenvalue weighted by atomic mass is 35.5. The van der Waals surface area contributed by atoms with E-state index < -0.39 is 0 Å². The molecule has 0 aliphatic carbocycles. The van der Waals surface area contributed by atoms with Gasteiger partial charge in [0.2, 0.25) is 0 Å². The number of hydrogen-bond donors (Lipinski definition) is 0. The van der Waals surface area contributed by atoms with Gasteiger partial charge in [0.1, 0.15) is 4.32 Å². The topological polar surface area (TPSA) is 25.2 Å². The Morgan fingerprint density at radius 1 is 1.03 bits per heavy atom. The van der Waals surface area contributed by atoms with Crippen LogP contribution in [-0.4, -0.2) is 19.7 Å². The number of halogens is 2. The van der Waals surface area contributed by atoms with Crippen LogP contribution >= 0.6 is 47.2 Å². The summed E-state index contributed by atoms with van der Waals surface area (Å²) in [4.78, 5) is 15.3. The van der Waals surface area contributed by atoms with Crippen molar-refractivity contribution < 1.29 is 4.79 Å². The molecule has 0 atom stereocenters. The Balaban J connectivity index is 1.64. The Morgan fingerprint density at radius 3 is 2.47 bits per heavy atom. The Labute approximate surface area is 195 Å². The summed E-state index contributed by atoms with van der Waals surface area (Å²) < 4.78 is 2.67. The van der Waals surface area contributed by atoms with Crippen molar-refractivity contribution in [2.75, 3.05) is 0 Å². The molecular formula is C23H18Cl2N2OS2. The molecule has 0 spiro atoms. The van der Waals surface area contributed by atoms with E-state index >= 15 is 0 Å². The largest absolute Gasteiger partial charge is 0.318 e. The molecule has 3 aromatic rings. The molecule has 0 radical (unpaired) electrons. The third kappa shape index (κ3) is 4.08. The molecule has 7 heteroatoms. The number of carbonyl (C=O) groups excluding carboxylic acids is 1. The summed E-state index contributed by atoms with van der Waals surface area (Å²) in [6, 6.07) is 17.5. The van der Waals surface area contributed by atoms with E-state index in [4.69, 9.17) is 35.4 Å². The molecule has 1 aromatic heterocycles. The van der Waals surface area contributed by atoms with Gasteiger partial charge in [-0.15, -0.1) is 0 Å². The highest BCUT2D eigenvalue weighted by Crippen LogP contribution is 2.35. The van der Waals surface area contributed by atoms with Crippen LogP contribution in [0.5, 0.6) is 0 Å². The van der Waals surface area contributed by atoms with Gasteiger partial charge in [-0.1, -0.05) is 77.5 Å². The average Bonchev–Trinajstić information content (AvgIpc) is 3.15. The van der Waals surface area contributed by atoms with Gasteiger partial charge in [0.05, 0.1) is 21.5 Å². The number of benzene rings is 2. The number of amides is 1. The molecule has 0 bridgehead atoms. The quantitative estimate of drug-likeness (QED) is 0.308. The van der Waals surface area contributed by atoms with Crippen LogP contribution in [0, 0.1) is 13.8 Å². The predicted octanol–water partition coefficient (Wildman–Crippen LogP) is 6.80. The highest BCUT2D eigenvalue weighted by Gasteiger charge is 2.32. The average molecular weight is 473 g/mol. The van der Waals surface area contributed by atoms with E-state index in [1.165, 1.54) is 11.8 Å². The van der Waals surface area contributed by atoms with Gasteiger partial charge < -0.3 is 4.57 Å². The van der Waals surface area contributed by atoms with Crippen LogP contribution in [-0.2, 0) is 11.3 Å². The first-order valence-corrected chi connectivity index (χ1v) is 11.3. The van der Waals surface area contributed by atoms with Gasteiger partial charge in [-0.3, -0.25) is 9.69 Å². The fourth-order valence-corrected chi connectivity index (χ4v) is 5.04. The molecule has 1 amide bonds. The Kier molecular flexibility index (Phi) is 6.07. The van der Waals surface area contributed by atoms with Crippen LogP contribution in [0.25, 0.3) is 11.8 Å². The molecule has 1 fully saturated rings. The molecule has 1 aliphatic rings. The van der Waals surface area contributed by atoms with Crippen molar-refractivity contribution in [3.05, 3.63) is 92.1 Å². The summed E-state index contributed by atoms with van der Waals surface area (Å²) in [6.07, 6.45) is 1.92. The van der Waals surface area contributed by atoms with E-state index in [-0.39, 0.29) is 5.91 Å². The third-order valence-electron chi connectivity index (χ3n) is 4.98. The smallest absolute Gasteiger partial charge is 0.266 e. The lowest BCUT2D eigenvalue weighted by molar-refractivity contribution is -0.122. The molecule has 3 nitrogen and oxygen atoms in total. The van der Waals surface area contributed by atoms with Gasteiger partial charge in [0.25, 0.3) is 5.91 Å². The lowest BCUT2D eigenvalue weighted by atomic mass is 10.2. The number of nitrogens with zero attached hydrogens (tertiary/aromatic N) is 2. The van der Waals surface area contributed by atoms with Crippen LogP contribution in [0.2, 0.25) is 10.0 Å². The number of hydrogen-bond acceptors (Lipinski definition) is 3. The van der Waals surface area contributed by atoms with Crippen LogP contribution in [0.4, 0.5) is 0 Å². The first-order valence-electron chi connectivity index (χ1n) is 9.29. The summed E-state index contributed by atoms with van der Waals surface area (Å²) in [5.41, 5.74) is 5.00. The molecule has 1 saturated heterocycles. The van der Waals surface area contributed by atoms with Crippen molar-refractivity contribution in [1.82, 2.24) is 9.47 Å². The van der Waals surface area contributed by atoms with Gasteiger partial charge in [-0.2, -0.15) is 0 Å². The third-order valence-corrected chi connectivity index (χ3v) is 7.09. The molecule has 152 valence electrons. The second kappa shape index (κ2) is 8.60. The minimum absolute atomic E-state index is 0.0619. The monoisotopic (exact) mass is 472 g/mol. The Bertz CT molecular complexity index is 1190. The summed E-state index contributed by atoms with van der Waals surface area (Å²) in [7, 11) is 0. The zero-order valence-corrected chi connectivity index (χ0v) is 19.5. The normalized spacial score (nSPS) is 15.5. The van der Waals surface area contributed by atoms with Crippen molar-refractivity contribution in [2.45, 2.75) is 20.4 Å². The first-order chi connectivity index (χ1) is 14.3. The van der Waals surface area contributed by atoms with Gasteiger partial charge in [-0.05, 0) is 55.3 Å². The van der Waals surface area contributed by atoms with Crippen LogP contribution in [0.3, 0.4) is 0 Å². The van der Waals surface area contributed by atoms with Gasteiger partial charge in [-0.25, -0.2) is 0 Å². The zero-order valence-electron chi connectivity index (χ0n) is 16.4. The number of aromatic nitrogens is 1. The molecule has 2 aromatic carbocycles. The van der Waals surface area contributed by atoms with E-state index in [1.807, 2.05) is 62.4 Å². The maximum atomic E-state index is 13.0. The Morgan fingerprint density at radius 2 is 1.77 bits per heavy atom. The van der Waals surface area contributed by atoms with Crippen molar-refractivity contribution in [3.8, 4) is 5.69 Å². The second-order valence-corrected chi connectivity index (χ2v) is 9.50. The van der Waals surface area contributed by atoms with E-state index in [9.17, 15) is 4.79 Å². The summed E-state index contributed by atoms with van der Waals surface area (Å²) in [6.45, 7) is 4.52. The van der Waals surface area contributed by atoms with E-state index in [0.29, 0.717) is 25.8 Å². The van der Waals surface area contributed by atoms with Crippen LogP contribution in [0.1, 0.15) is 22.5 Å². The number of thiocarbonyl (C=S) groups is 1. The van der Waals surface area contributed by atoms with Gasteiger partial charge >= 0.3 is 0 Å². The number of aryl methyl sites for hydroxylation is 1. The SMILES string of the molecule is Cc1cc(/C=C2/SC(=S)N(Cc3ccccc3)C2=O)c(C)n1-c1ccc(Cl)c(Cl)c1. The first kappa shape index (κ1) is 21.2. The van der Waals surface area contributed by atoms with Gasteiger partial charge in [0, 0.05) is 17.1 Å².